The van der Waals surface area contributed by atoms with Gasteiger partial charge in [0.15, 0.2) is 5.76 Å². The fraction of sp³-hybridized carbons (Fsp3) is 0. The number of halogens is 1. The molecule has 0 saturated heterocycles. The van der Waals surface area contributed by atoms with Gasteiger partial charge in [-0.1, -0.05) is 46.3 Å². The van der Waals surface area contributed by atoms with Crippen molar-refractivity contribution >= 4 is 38.2 Å². The van der Waals surface area contributed by atoms with Gasteiger partial charge in [-0.2, -0.15) is 0 Å². The summed E-state index contributed by atoms with van der Waals surface area (Å²) < 4.78 is 6.93. The minimum Gasteiger partial charge on any atom is -0.454 e. The summed E-state index contributed by atoms with van der Waals surface area (Å²) in [4.78, 5) is 4.69. The molecule has 0 saturated carbocycles. The van der Waals surface area contributed by atoms with Crippen LogP contribution in [0.4, 0.5) is 0 Å². The zero-order valence-electron chi connectivity index (χ0n) is 10.9. The Hall–Kier alpha value is -1.91. The number of rotatable bonds is 2. The van der Waals surface area contributed by atoms with E-state index in [0.717, 1.165) is 37.5 Å². The summed E-state index contributed by atoms with van der Waals surface area (Å²) in [6, 6.07) is 18.2. The van der Waals surface area contributed by atoms with Crippen molar-refractivity contribution in [2.45, 2.75) is 0 Å². The lowest BCUT2D eigenvalue weighted by Crippen LogP contribution is -1.77. The van der Waals surface area contributed by atoms with Crippen molar-refractivity contribution < 1.29 is 4.42 Å². The van der Waals surface area contributed by atoms with Crippen LogP contribution in [0.15, 0.2) is 68.9 Å². The van der Waals surface area contributed by atoms with Crippen LogP contribution in [0.5, 0.6) is 0 Å². The summed E-state index contributed by atoms with van der Waals surface area (Å²) >= 11 is 5.07. The average Bonchev–Trinajstić information content (AvgIpc) is 3.14. The van der Waals surface area contributed by atoms with Gasteiger partial charge in [-0.15, -0.1) is 11.3 Å². The average molecular weight is 356 g/mol. The molecule has 2 aromatic carbocycles. The second-order valence-corrected chi connectivity index (χ2v) is 6.47. The zero-order chi connectivity index (χ0) is 14.2. The van der Waals surface area contributed by atoms with Gasteiger partial charge in [-0.3, -0.25) is 0 Å². The monoisotopic (exact) mass is 355 g/mol. The first-order valence-corrected chi connectivity index (χ1v) is 8.17. The number of benzene rings is 2. The van der Waals surface area contributed by atoms with Crippen LogP contribution in [-0.4, -0.2) is 4.98 Å². The second kappa shape index (κ2) is 5.13. The summed E-state index contributed by atoms with van der Waals surface area (Å²) in [6.07, 6.45) is 0. The predicted octanol–water partition coefficient (Wildman–Crippen LogP) is 5.99. The third-order valence-corrected chi connectivity index (χ3v) is 4.69. The molecule has 0 atom stereocenters. The van der Waals surface area contributed by atoms with Crippen LogP contribution in [0.1, 0.15) is 0 Å². The first-order chi connectivity index (χ1) is 10.3. The summed E-state index contributed by atoms with van der Waals surface area (Å²) in [6.45, 7) is 0. The van der Waals surface area contributed by atoms with Crippen molar-refractivity contribution in [2.75, 3.05) is 0 Å². The van der Waals surface area contributed by atoms with E-state index in [-0.39, 0.29) is 0 Å². The third-order valence-electron chi connectivity index (χ3n) is 3.27. The van der Waals surface area contributed by atoms with Gasteiger partial charge in [0.25, 0.3) is 0 Å². The minimum atomic E-state index is 0.816. The second-order valence-electron chi connectivity index (χ2n) is 4.69. The summed E-state index contributed by atoms with van der Waals surface area (Å²) in [5.74, 6) is 0.816. The van der Waals surface area contributed by atoms with Gasteiger partial charge < -0.3 is 4.42 Å². The number of hydrogen-bond donors (Lipinski definition) is 0. The molecule has 0 spiro atoms. The molecule has 102 valence electrons. The molecule has 0 fully saturated rings. The fourth-order valence-corrected chi connectivity index (χ4v) is 3.30. The van der Waals surface area contributed by atoms with Gasteiger partial charge >= 0.3 is 0 Å². The van der Waals surface area contributed by atoms with E-state index in [2.05, 4.69) is 33.0 Å². The van der Waals surface area contributed by atoms with Gasteiger partial charge in [-0.05, 0) is 24.3 Å². The summed E-state index contributed by atoms with van der Waals surface area (Å²) in [7, 11) is 0. The topological polar surface area (TPSA) is 26.0 Å². The highest BCUT2D eigenvalue weighted by molar-refractivity contribution is 9.10. The van der Waals surface area contributed by atoms with Crippen LogP contribution >= 0.6 is 27.3 Å². The molecule has 0 bridgehead atoms. The number of hydrogen-bond acceptors (Lipinski definition) is 3. The quantitative estimate of drug-likeness (QED) is 0.441. The maximum Gasteiger partial charge on any atom is 0.154 e. The Morgan fingerprint density at radius 2 is 1.81 bits per heavy atom. The standard InChI is InChI=1S/C17H10BrNOS/c18-13-7-5-11(6-8-13)17-19-14(10-21-17)16-9-12-3-1-2-4-15(12)20-16/h1-10H. The van der Waals surface area contributed by atoms with Crippen LogP contribution in [0.2, 0.25) is 0 Å². The maximum atomic E-state index is 5.86. The van der Waals surface area contributed by atoms with E-state index in [0.29, 0.717) is 0 Å². The SMILES string of the molecule is Brc1ccc(-c2nc(-c3cc4ccccc4o3)cs2)cc1. The number of aromatic nitrogens is 1. The Morgan fingerprint density at radius 3 is 2.62 bits per heavy atom. The number of furan rings is 1. The molecule has 0 amide bonds. The maximum absolute atomic E-state index is 5.86. The molecule has 0 unspecified atom stereocenters. The normalized spacial score (nSPS) is 11.1. The van der Waals surface area contributed by atoms with Crippen LogP contribution in [0, 0.1) is 0 Å². The Bertz CT molecular complexity index is 875. The van der Waals surface area contributed by atoms with Crippen molar-refractivity contribution in [3.63, 3.8) is 0 Å². The molecule has 21 heavy (non-hydrogen) atoms. The van der Waals surface area contributed by atoms with Gasteiger partial charge in [-0.25, -0.2) is 4.98 Å². The lowest BCUT2D eigenvalue weighted by Gasteiger charge is -1.95. The highest BCUT2D eigenvalue weighted by atomic mass is 79.9. The van der Waals surface area contributed by atoms with Crippen LogP contribution in [-0.2, 0) is 0 Å². The Labute approximate surface area is 134 Å². The summed E-state index contributed by atoms with van der Waals surface area (Å²) in [5, 5.41) is 4.14. The van der Waals surface area contributed by atoms with Crippen LogP contribution < -0.4 is 0 Å². The zero-order valence-corrected chi connectivity index (χ0v) is 13.3. The molecular weight excluding hydrogens is 346 g/mol. The molecule has 4 aromatic rings. The van der Waals surface area contributed by atoms with E-state index in [1.165, 1.54) is 0 Å². The molecule has 4 heteroatoms. The van der Waals surface area contributed by atoms with Crippen molar-refractivity contribution in [2.24, 2.45) is 0 Å². The van der Waals surface area contributed by atoms with Gasteiger partial charge in [0.1, 0.15) is 16.3 Å². The Kier molecular flexibility index (Phi) is 3.13. The molecule has 0 aliphatic rings. The molecule has 0 aliphatic carbocycles. The van der Waals surface area contributed by atoms with E-state index in [9.17, 15) is 0 Å². The Balaban J connectivity index is 1.75. The first-order valence-electron chi connectivity index (χ1n) is 6.50. The van der Waals surface area contributed by atoms with Gasteiger partial charge in [0, 0.05) is 20.8 Å². The number of para-hydroxylation sites is 1. The molecule has 0 N–H and O–H groups in total. The molecule has 2 nitrogen and oxygen atoms in total. The van der Waals surface area contributed by atoms with Crippen LogP contribution in [0.3, 0.4) is 0 Å². The predicted molar refractivity (Wildman–Crippen MR) is 90.5 cm³/mol. The fourth-order valence-electron chi connectivity index (χ4n) is 2.22. The van der Waals surface area contributed by atoms with Crippen molar-refractivity contribution in [1.82, 2.24) is 4.98 Å². The molecular formula is C17H10BrNOS. The third kappa shape index (κ3) is 2.41. The Morgan fingerprint density at radius 1 is 1.00 bits per heavy atom. The highest BCUT2D eigenvalue weighted by Crippen LogP contribution is 2.32. The number of thiazole rings is 1. The highest BCUT2D eigenvalue weighted by Gasteiger charge is 2.11. The number of fused-ring (bicyclic) bond motifs is 1. The lowest BCUT2D eigenvalue weighted by atomic mass is 10.2. The van der Waals surface area contributed by atoms with E-state index >= 15 is 0 Å². The number of nitrogens with zero attached hydrogens (tertiary/aromatic N) is 1. The van der Waals surface area contributed by atoms with E-state index in [1.807, 2.05) is 47.8 Å². The molecule has 2 aromatic heterocycles. The van der Waals surface area contributed by atoms with Crippen LogP contribution in [0.25, 0.3) is 33.0 Å². The van der Waals surface area contributed by atoms with Gasteiger partial charge in [0.05, 0.1) is 0 Å². The molecule has 0 aliphatic heterocycles. The lowest BCUT2D eigenvalue weighted by molar-refractivity contribution is 0.629. The summed E-state index contributed by atoms with van der Waals surface area (Å²) in [5.41, 5.74) is 2.89. The van der Waals surface area contributed by atoms with Crippen molar-refractivity contribution in [3.8, 4) is 22.0 Å². The molecule has 2 heterocycles. The van der Waals surface area contributed by atoms with E-state index in [1.54, 1.807) is 11.3 Å². The smallest absolute Gasteiger partial charge is 0.154 e. The largest absolute Gasteiger partial charge is 0.454 e. The van der Waals surface area contributed by atoms with Crippen molar-refractivity contribution in [3.05, 3.63) is 64.5 Å². The van der Waals surface area contributed by atoms with E-state index < -0.39 is 0 Å². The molecule has 0 radical (unpaired) electrons. The first kappa shape index (κ1) is 12.8. The minimum absolute atomic E-state index is 0.816. The molecule has 4 rings (SSSR count). The van der Waals surface area contributed by atoms with Crippen molar-refractivity contribution in [1.29, 1.82) is 0 Å². The van der Waals surface area contributed by atoms with Gasteiger partial charge in [0.2, 0.25) is 0 Å². The van der Waals surface area contributed by atoms with E-state index in [4.69, 9.17) is 4.42 Å².